The Morgan fingerprint density at radius 1 is 1.11 bits per heavy atom. The Morgan fingerprint density at radius 3 is 2.59 bits per heavy atom. The molecule has 3 aromatic rings. The Morgan fingerprint density at radius 2 is 1.89 bits per heavy atom. The number of benzene rings is 2. The lowest BCUT2D eigenvalue weighted by molar-refractivity contribution is -0.117. The molecule has 0 spiro atoms. The molecule has 6 nitrogen and oxygen atoms in total. The number of nitrogens with one attached hydrogen (secondary N) is 1. The van der Waals surface area contributed by atoms with Crippen molar-refractivity contribution >= 4 is 28.4 Å². The van der Waals surface area contributed by atoms with Gasteiger partial charge >= 0.3 is 0 Å². The zero-order valence-electron chi connectivity index (χ0n) is 15.5. The molecule has 0 bridgehead atoms. The molecule has 140 valence electrons. The first-order chi connectivity index (χ1) is 13.0. The van der Waals surface area contributed by atoms with E-state index in [4.69, 9.17) is 4.52 Å². The van der Waals surface area contributed by atoms with E-state index in [0.717, 1.165) is 17.2 Å². The van der Waals surface area contributed by atoms with Gasteiger partial charge in [0.25, 0.3) is 5.91 Å². The number of rotatable bonds is 7. The average Bonchev–Trinajstić information content (AvgIpc) is 3.17. The van der Waals surface area contributed by atoms with E-state index in [1.54, 1.807) is 11.0 Å². The van der Waals surface area contributed by atoms with Crippen LogP contribution in [-0.4, -0.2) is 35.0 Å². The van der Waals surface area contributed by atoms with Gasteiger partial charge in [0.1, 0.15) is 12.8 Å². The fourth-order valence-corrected chi connectivity index (χ4v) is 2.80. The lowest BCUT2D eigenvalue weighted by atomic mass is 10.1. The number of anilines is 1. The molecule has 0 radical (unpaired) electrons. The van der Waals surface area contributed by atoms with Gasteiger partial charge < -0.3 is 14.7 Å². The van der Waals surface area contributed by atoms with Crippen LogP contribution in [0.5, 0.6) is 0 Å². The maximum atomic E-state index is 13.1. The molecule has 0 fully saturated rings. The first-order valence-electron chi connectivity index (χ1n) is 9.01. The second kappa shape index (κ2) is 8.49. The highest BCUT2D eigenvalue weighted by molar-refractivity contribution is 6.01. The number of aromatic nitrogens is 1. The van der Waals surface area contributed by atoms with Crippen LogP contribution in [0.1, 0.15) is 30.6 Å². The summed E-state index contributed by atoms with van der Waals surface area (Å²) >= 11 is 0. The summed E-state index contributed by atoms with van der Waals surface area (Å²) in [5.41, 5.74) is 0.576. The van der Waals surface area contributed by atoms with Crippen LogP contribution in [-0.2, 0) is 4.79 Å². The molecule has 0 atom stereocenters. The van der Waals surface area contributed by atoms with Crippen LogP contribution in [0.25, 0.3) is 10.8 Å². The van der Waals surface area contributed by atoms with Crippen molar-refractivity contribution in [2.45, 2.75) is 20.3 Å². The molecule has 1 aromatic heterocycles. The normalized spacial score (nSPS) is 10.9. The first-order valence-corrected chi connectivity index (χ1v) is 9.01. The second-order valence-corrected chi connectivity index (χ2v) is 6.90. The number of carbonyl (C=O) groups is 2. The van der Waals surface area contributed by atoms with E-state index >= 15 is 0 Å². The van der Waals surface area contributed by atoms with Gasteiger partial charge in [-0.1, -0.05) is 49.3 Å². The lowest BCUT2D eigenvalue weighted by Gasteiger charge is -2.23. The van der Waals surface area contributed by atoms with Crippen molar-refractivity contribution in [2.24, 2.45) is 5.92 Å². The van der Waals surface area contributed by atoms with Gasteiger partial charge in [-0.05, 0) is 35.2 Å². The second-order valence-electron chi connectivity index (χ2n) is 6.90. The van der Waals surface area contributed by atoms with Gasteiger partial charge in [0, 0.05) is 18.2 Å². The standard InChI is InChI=1S/C21H23N3O3/c1-15(2)9-11-24(14-20(25)22-19-10-12-27-23-19)21(26)18-8-7-16-5-3-4-6-17(16)13-18/h3-8,10,12-13,15H,9,11,14H2,1-2H3,(H,22,23,25). The molecule has 6 heteroatoms. The molecular formula is C21H23N3O3. The van der Waals surface area contributed by atoms with E-state index in [2.05, 4.69) is 24.3 Å². The molecule has 1 N–H and O–H groups in total. The molecule has 27 heavy (non-hydrogen) atoms. The minimum Gasteiger partial charge on any atom is -0.363 e. The third-order valence-corrected chi connectivity index (χ3v) is 4.30. The number of amides is 2. The van der Waals surface area contributed by atoms with Gasteiger partial charge in [0.2, 0.25) is 5.91 Å². The molecule has 0 aliphatic heterocycles. The number of hydrogen-bond donors (Lipinski definition) is 1. The topological polar surface area (TPSA) is 75.4 Å². The van der Waals surface area contributed by atoms with Gasteiger partial charge in [-0.2, -0.15) is 0 Å². The van der Waals surface area contributed by atoms with Crippen molar-refractivity contribution in [2.75, 3.05) is 18.4 Å². The monoisotopic (exact) mass is 365 g/mol. The summed E-state index contributed by atoms with van der Waals surface area (Å²) in [6.07, 6.45) is 2.20. The summed E-state index contributed by atoms with van der Waals surface area (Å²) < 4.78 is 4.71. The maximum Gasteiger partial charge on any atom is 0.254 e. The lowest BCUT2D eigenvalue weighted by Crippen LogP contribution is -2.39. The third kappa shape index (κ3) is 4.94. The summed E-state index contributed by atoms with van der Waals surface area (Å²) in [5, 5.41) is 8.38. The molecule has 3 rings (SSSR count). The summed E-state index contributed by atoms with van der Waals surface area (Å²) in [4.78, 5) is 27.0. The highest BCUT2D eigenvalue weighted by Gasteiger charge is 2.20. The summed E-state index contributed by atoms with van der Waals surface area (Å²) in [6, 6.07) is 15.1. The van der Waals surface area contributed by atoms with Crippen molar-refractivity contribution in [3.63, 3.8) is 0 Å². The van der Waals surface area contributed by atoms with Gasteiger partial charge in [0.15, 0.2) is 5.82 Å². The van der Waals surface area contributed by atoms with E-state index in [1.807, 2.05) is 42.5 Å². The van der Waals surface area contributed by atoms with Crippen molar-refractivity contribution < 1.29 is 14.1 Å². The largest absolute Gasteiger partial charge is 0.363 e. The van der Waals surface area contributed by atoms with Crippen molar-refractivity contribution in [1.29, 1.82) is 0 Å². The molecule has 0 saturated carbocycles. The minimum atomic E-state index is -0.304. The van der Waals surface area contributed by atoms with Crippen LogP contribution >= 0.6 is 0 Å². The molecule has 0 aliphatic carbocycles. The van der Waals surface area contributed by atoms with Gasteiger partial charge in [-0.3, -0.25) is 9.59 Å². The Labute approximate surface area is 158 Å². The molecule has 0 unspecified atom stereocenters. The number of carbonyl (C=O) groups excluding carboxylic acids is 2. The number of hydrogen-bond acceptors (Lipinski definition) is 4. The summed E-state index contributed by atoms with van der Waals surface area (Å²) in [5.74, 6) is 0.302. The van der Waals surface area contributed by atoms with Crippen molar-refractivity contribution in [3.8, 4) is 0 Å². The van der Waals surface area contributed by atoms with Crippen molar-refractivity contribution in [3.05, 3.63) is 60.4 Å². The molecule has 0 aliphatic rings. The Hall–Kier alpha value is -3.15. The Kier molecular flexibility index (Phi) is 5.86. The summed E-state index contributed by atoms with van der Waals surface area (Å²) in [7, 11) is 0. The smallest absolute Gasteiger partial charge is 0.254 e. The zero-order chi connectivity index (χ0) is 19.2. The van der Waals surface area contributed by atoms with E-state index in [-0.39, 0.29) is 18.4 Å². The number of fused-ring (bicyclic) bond motifs is 1. The van der Waals surface area contributed by atoms with Gasteiger partial charge in [-0.15, -0.1) is 0 Å². The average molecular weight is 365 g/mol. The van der Waals surface area contributed by atoms with Crippen molar-refractivity contribution in [1.82, 2.24) is 10.1 Å². The number of nitrogens with zero attached hydrogens (tertiary/aromatic N) is 2. The SMILES string of the molecule is CC(C)CCN(CC(=O)Nc1ccon1)C(=O)c1ccc2ccccc2c1. The Balaban J connectivity index is 1.77. The fraction of sp³-hybridized carbons (Fsp3) is 0.286. The van der Waals surface area contributed by atoms with Gasteiger partial charge in [0.05, 0.1) is 0 Å². The quantitative estimate of drug-likeness (QED) is 0.688. The van der Waals surface area contributed by atoms with E-state index in [1.165, 1.54) is 6.26 Å². The van der Waals surface area contributed by atoms with Crippen LogP contribution in [0.2, 0.25) is 0 Å². The summed E-state index contributed by atoms with van der Waals surface area (Å²) in [6.45, 7) is 4.66. The minimum absolute atomic E-state index is 0.0365. The van der Waals surface area contributed by atoms with E-state index in [9.17, 15) is 9.59 Å². The molecule has 2 aromatic carbocycles. The highest BCUT2D eigenvalue weighted by Crippen LogP contribution is 2.17. The third-order valence-electron chi connectivity index (χ3n) is 4.30. The Bertz CT molecular complexity index is 919. The molecular weight excluding hydrogens is 342 g/mol. The van der Waals surface area contributed by atoms with Crippen LogP contribution in [0.15, 0.2) is 59.3 Å². The molecule has 1 heterocycles. The predicted octanol–water partition coefficient (Wildman–Crippen LogP) is 3.95. The molecule has 2 amide bonds. The van der Waals surface area contributed by atoms with Crippen LogP contribution in [0.3, 0.4) is 0 Å². The molecule has 0 saturated heterocycles. The highest BCUT2D eigenvalue weighted by atomic mass is 16.5. The maximum absolute atomic E-state index is 13.1. The van der Waals surface area contributed by atoms with Crippen LogP contribution < -0.4 is 5.32 Å². The van der Waals surface area contributed by atoms with Gasteiger partial charge in [-0.25, -0.2) is 0 Å². The van der Waals surface area contributed by atoms with E-state index < -0.39 is 0 Å². The predicted molar refractivity (Wildman–Crippen MR) is 104 cm³/mol. The van der Waals surface area contributed by atoms with Crippen LogP contribution in [0, 0.1) is 5.92 Å². The van der Waals surface area contributed by atoms with E-state index in [0.29, 0.717) is 23.8 Å². The fourth-order valence-electron chi connectivity index (χ4n) is 2.80. The zero-order valence-corrected chi connectivity index (χ0v) is 15.5. The first kappa shape index (κ1) is 18.6. The van der Waals surface area contributed by atoms with Crippen LogP contribution in [0.4, 0.5) is 5.82 Å².